The fraction of sp³-hybridized carbons (Fsp3) is 0.556. The van der Waals surface area contributed by atoms with Crippen molar-refractivity contribution in [3.8, 4) is 0 Å². The molecule has 5 nitrogen and oxygen atoms in total. The van der Waals surface area contributed by atoms with Gasteiger partial charge in [0, 0.05) is 36.7 Å². The van der Waals surface area contributed by atoms with Gasteiger partial charge in [0.1, 0.15) is 0 Å². The van der Waals surface area contributed by atoms with Crippen LogP contribution in [0, 0.1) is 0 Å². The fourth-order valence-electron chi connectivity index (χ4n) is 3.62. The molecule has 2 fully saturated rings. The number of piperidine rings is 1. The summed E-state index contributed by atoms with van der Waals surface area (Å²) in [6, 6.07) is 10.6. The minimum atomic E-state index is -0.0825. The highest BCUT2D eigenvalue weighted by Gasteiger charge is 2.33. The summed E-state index contributed by atoms with van der Waals surface area (Å²) in [5.74, 6) is 0.0196. The van der Waals surface area contributed by atoms with E-state index in [0.29, 0.717) is 43.1 Å². The van der Waals surface area contributed by atoms with Crippen LogP contribution in [-0.2, 0) is 4.79 Å². The van der Waals surface area contributed by atoms with Gasteiger partial charge in [-0.25, -0.2) is 0 Å². The molecule has 2 heterocycles. The summed E-state index contributed by atoms with van der Waals surface area (Å²) in [4.78, 5) is 23.9. The Labute approximate surface area is 137 Å². The van der Waals surface area contributed by atoms with Crippen molar-refractivity contribution in [2.24, 2.45) is 0 Å². The Balaban J connectivity index is 1.31. The number of fused-ring (bicyclic) bond motifs is 2. The molecule has 1 aromatic carbocycles. The van der Waals surface area contributed by atoms with Crippen LogP contribution in [0.2, 0.25) is 0 Å². The summed E-state index contributed by atoms with van der Waals surface area (Å²) in [5.41, 5.74) is 0.655. The molecule has 2 unspecified atom stereocenters. The first kappa shape index (κ1) is 16.0. The van der Waals surface area contributed by atoms with E-state index < -0.39 is 0 Å². The topological polar surface area (TPSA) is 70.2 Å². The monoisotopic (exact) mass is 315 g/mol. The third-order valence-electron chi connectivity index (χ3n) is 4.74. The van der Waals surface area contributed by atoms with Gasteiger partial charge in [-0.3, -0.25) is 9.59 Å². The van der Waals surface area contributed by atoms with Crippen LogP contribution in [0.5, 0.6) is 0 Å². The molecule has 23 heavy (non-hydrogen) atoms. The van der Waals surface area contributed by atoms with Gasteiger partial charge in [0.25, 0.3) is 5.91 Å². The summed E-state index contributed by atoms with van der Waals surface area (Å²) in [6.45, 7) is 0.526. The first-order chi connectivity index (χ1) is 11.2. The SMILES string of the molecule is O=C(CCCNC(=O)c1ccccc1)NC1CC2CCC(C1)N2. The van der Waals surface area contributed by atoms with E-state index in [-0.39, 0.29) is 11.8 Å². The Morgan fingerprint density at radius 1 is 1.09 bits per heavy atom. The number of hydrogen-bond donors (Lipinski definition) is 3. The van der Waals surface area contributed by atoms with Crippen molar-refractivity contribution >= 4 is 11.8 Å². The molecule has 2 aliphatic rings. The van der Waals surface area contributed by atoms with Crippen LogP contribution in [0.15, 0.2) is 30.3 Å². The zero-order chi connectivity index (χ0) is 16.1. The fourth-order valence-corrected chi connectivity index (χ4v) is 3.62. The van der Waals surface area contributed by atoms with E-state index >= 15 is 0 Å². The second-order valence-electron chi connectivity index (χ2n) is 6.60. The van der Waals surface area contributed by atoms with Crippen LogP contribution in [0.25, 0.3) is 0 Å². The quantitative estimate of drug-likeness (QED) is 0.698. The van der Waals surface area contributed by atoms with Crippen molar-refractivity contribution in [3.63, 3.8) is 0 Å². The van der Waals surface area contributed by atoms with E-state index in [4.69, 9.17) is 0 Å². The van der Waals surface area contributed by atoms with E-state index in [9.17, 15) is 9.59 Å². The molecular weight excluding hydrogens is 290 g/mol. The third-order valence-corrected chi connectivity index (χ3v) is 4.74. The predicted molar refractivity (Wildman–Crippen MR) is 89.1 cm³/mol. The molecule has 0 aromatic heterocycles. The molecular formula is C18H25N3O2. The van der Waals surface area contributed by atoms with Crippen LogP contribution in [0.4, 0.5) is 0 Å². The molecule has 0 radical (unpaired) electrons. The maximum absolute atomic E-state index is 12.0. The van der Waals surface area contributed by atoms with E-state index in [1.807, 2.05) is 18.2 Å². The van der Waals surface area contributed by atoms with E-state index in [2.05, 4.69) is 16.0 Å². The Bertz CT molecular complexity index is 534. The zero-order valence-electron chi connectivity index (χ0n) is 13.4. The molecule has 2 saturated heterocycles. The van der Waals surface area contributed by atoms with Crippen molar-refractivity contribution in [2.45, 2.75) is 56.7 Å². The summed E-state index contributed by atoms with van der Waals surface area (Å²) in [6.07, 6.45) is 5.71. The lowest BCUT2D eigenvalue weighted by molar-refractivity contribution is -0.122. The third kappa shape index (κ3) is 4.55. The van der Waals surface area contributed by atoms with Crippen LogP contribution < -0.4 is 16.0 Å². The number of carbonyl (C=O) groups is 2. The normalized spacial score (nSPS) is 25.8. The van der Waals surface area contributed by atoms with Gasteiger partial charge in [0.05, 0.1) is 0 Å². The second kappa shape index (κ2) is 7.59. The average molecular weight is 315 g/mol. The van der Waals surface area contributed by atoms with Crippen LogP contribution >= 0.6 is 0 Å². The highest BCUT2D eigenvalue weighted by Crippen LogP contribution is 2.26. The minimum absolute atomic E-state index is 0.0825. The molecule has 2 aliphatic heterocycles. The highest BCUT2D eigenvalue weighted by atomic mass is 16.2. The van der Waals surface area contributed by atoms with Gasteiger partial charge >= 0.3 is 0 Å². The molecule has 2 bridgehead atoms. The highest BCUT2D eigenvalue weighted by molar-refractivity contribution is 5.94. The standard InChI is InChI=1S/C18H25N3O2/c22-17(21-16-11-14-8-9-15(12-16)20-14)7-4-10-19-18(23)13-5-2-1-3-6-13/h1-3,5-6,14-16,20H,4,7-12H2,(H,19,23)(H,21,22). The van der Waals surface area contributed by atoms with E-state index in [1.165, 1.54) is 12.8 Å². The molecule has 5 heteroatoms. The largest absolute Gasteiger partial charge is 0.353 e. The maximum atomic E-state index is 12.0. The Hall–Kier alpha value is -1.88. The van der Waals surface area contributed by atoms with Gasteiger partial charge < -0.3 is 16.0 Å². The van der Waals surface area contributed by atoms with Gasteiger partial charge in [-0.15, -0.1) is 0 Å². The van der Waals surface area contributed by atoms with E-state index in [0.717, 1.165) is 12.8 Å². The molecule has 3 rings (SSSR count). The molecule has 0 spiro atoms. The predicted octanol–water partition coefficient (Wildman–Crippen LogP) is 1.60. The lowest BCUT2D eigenvalue weighted by Gasteiger charge is -2.29. The van der Waals surface area contributed by atoms with Crippen molar-refractivity contribution in [1.29, 1.82) is 0 Å². The van der Waals surface area contributed by atoms with Crippen molar-refractivity contribution in [1.82, 2.24) is 16.0 Å². The summed E-state index contributed by atoms with van der Waals surface area (Å²) in [5, 5.41) is 9.58. The summed E-state index contributed by atoms with van der Waals surface area (Å²) < 4.78 is 0. The van der Waals surface area contributed by atoms with Gasteiger partial charge in [-0.1, -0.05) is 18.2 Å². The number of benzene rings is 1. The van der Waals surface area contributed by atoms with Gasteiger partial charge in [0.2, 0.25) is 5.91 Å². The van der Waals surface area contributed by atoms with Crippen molar-refractivity contribution in [3.05, 3.63) is 35.9 Å². The van der Waals surface area contributed by atoms with Crippen LogP contribution in [-0.4, -0.2) is 36.5 Å². The molecule has 0 aliphatic carbocycles. The molecule has 124 valence electrons. The molecule has 0 saturated carbocycles. The Morgan fingerprint density at radius 3 is 2.48 bits per heavy atom. The van der Waals surface area contributed by atoms with Gasteiger partial charge in [0.15, 0.2) is 0 Å². The first-order valence-corrected chi connectivity index (χ1v) is 8.59. The minimum Gasteiger partial charge on any atom is -0.353 e. The van der Waals surface area contributed by atoms with Crippen molar-refractivity contribution in [2.75, 3.05) is 6.54 Å². The zero-order valence-corrected chi connectivity index (χ0v) is 13.4. The number of hydrogen-bond acceptors (Lipinski definition) is 3. The lowest BCUT2D eigenvalue weighted by atomic mass is 9.99. The molecule has 1 aromatic rings. The van der Waals surface area contributed by atoms with Crippen molar-refractivity contribution < 1.29 is 9.59 Å². The molecule has 2 atom stereocenters. The smallest absolute Gasteiger partial charge is 0.251 e. The number of carbonyl (C=O) groups excluding carboxylic acids is 2. The molecule has 3 N–H and O–H groups in total. The Morgan fingerprint density at radius 2 is 1.78 bits per heavy atom. The van der Waals surface area contributed by atoms with E-state index in [1.54, 1.807) is 12.1 Å². The number of nitrogens with one attached hydrogen (secondary N) is 3. The van der Waals surface area contributed by atoms with Crippen LogP contribution in [0.3, 0.4) is 0 Å². The average Bonchev–Trinajstić information content (AvgIpc) is 2.91. The summed E-state index contributed by atoms with van der Waals surface area (Å²) >= 11 is 0. The first-order valence-electron chi connectivity index (χ1n) is 8.59. The molecule has 2 amide bonds. The Kier molecular flexibility index (Phi) is 5.28. The number of amides is 2. The lowest BCUT2D eigenvalue weighted by Crippen LogP contribution is -2.48. The maximum Gasteiger partial charge on any atom is 0.251 e. The van der Waals surface area contributed by atoms with Gasteiger partial charge in [-0.2, -0.15) is 0 Å². The number of rotatable bonds is 6. The second-order valence-corrected chi connectivity index (χ2v) is 6.60. The van der Waals surface area contributed by atoms with Crippen LogP contribution in [0.1, 0.15) is 48.9 Å². The summed E-state index contributed by atoms with van der Waals surface area (Å²) in [7, 11) is 0. The van der Waals surface area contributed by atoms with Gasteiger partial charge in [-0.05, 0) is 44.2 Å².